The highest BCUT2D eigenvalue weighted by Gasteiger charge is 2.31. The summed E-state index contributed by atoms with van der Waals surface area (Å²) in [6.07, 6.45) is -2.89. The summed E-state index contributed by atoms with van der Waals surface area (Å²) in [5.74, 6) is -2.47. The summed E-state index contributed by atoms with van der Waals surface area (Å²) in [4.78, 5) is 21.3. The molecule has 0 aliphatic carbocycles. The highest BCUT2D eigenvalue weighted by atomic mass is 16.6. The third-order valence-corrected chi connectivity index (χ3v) is 1.48. The molecule has 0 aromatic heterocycles. The number of hydrogen-bond acceptors (Lipinski definition) is 5. The zero-order chi connectivity index (χ0) is 11.1. The molecule has 0 aromatic carbocycles. The molecule has 6 nitrogen and oxygen atoms in total. The van der Waals surface area contributed by atoms with Crippen molar-refractivity contribution in [1.82, 2.24) is 0 Å². The third kappa shape index (κ3) is 4.20. The first-order valence-corrected chi connectivity index (χ1v) is 4.22. The van der Waals surface area contributed by atoms with Crippen LogP contribution in [0.15, 0.2) is 0 Å². The average molecular weight is 205 g/mol. The standard InChI is InChI=1S/C8H13O6/c1-2-3-6(11)14-7(8(12)13)5(10)4-9/h5,7,9-10H,2-4H2,1H3. The van der Waals surface area contributed by atoms with Crippen molar-refractivity contribution < 1.29 is 29.6 Å². The quantitative estimate of drug-likeness (QED) is 0.542. The molecule has 0 spiro atoms. The molecule has 0 aromatic rings. The molecule has 1 radical (unpaired) electrons. The minimum absolute atomic E-state index is 0.0575. The molecule has 2 atom stereocenters. The Morgan fingerprint density at radius 3 is 2.36 bits per heavy atom. The normalized spacial score (nSPS) is 14.5. The fourth-order valence-corrected chi connectivity index (χ4v) is 0.784. The average Bonchev–Trinajstić information content (AvgIpc) is 2.13. The lowest BCUT2D eigenvalue weighted by molar-refractivity contribution is -0.177. The second kappa shape index (κ2) is 6.33. The lowest BCUT2D eigenvalue weighted by Crippen LogP contribution is -2.39. The maximum absolute atomic E-state index is 10.9. The summed E-state index contributed by atoms with van der Waals surface area (Å²) in [6.45, 7) is 0.913. The van der Waals surface area contributed by atoms with Gasteiger partial charge >= 0.3 is 11.9 Å². The van der Waals surface area contributed by atoms with E-state index in [0.29, 0.717) is 6.42 Å². The van der Waals surface area contributed by atoms with Gasteiger partial charge in [0.1, 0.15) is 6.10 Å². The van der Waals surface area contributed by atoms with Crippen molar-refractivity contribution in [3.05, 3.63) is 0 Å². The molecule has 2 unspecified atom stereocenters. The summed E-state index contributed by atoms with van der Waals surface area (Å²) < 4.78 is 4.39. The van der Waals surface area contributed by atoms with E-state index in [4.69, 9.17) is 10.2 Å². The van der Waals surface area contributed by atoms with Crippen LogP contribution in [0.4, 0.5) is 0 Å². The van der Waals surface area contributed by atoms with Gasteiger partial charge in [-0.2, -0.15) is 0 Å². The van der Waals surface area contributed by atoms with Gasteiger partial charge in [-0.15, -0.1) is 0 Å². The summed E-state index contributed by atoms with van der Waals surface area (Å²) in [7, 11) is 0. The van der Waals surface area contributed by atoms with E-state index < -0.39 is 30.8 Å². The van der Waals surface area contributed by atoms with E-state index in [-0.39, 0.29) is 6.42 Å². The molecule has 0 fully saturated rings. The highest BCUT2D eigenvalue weighted by Crippen LogP contribution is 2.03. The molecule has 0 aliphatic heterocycles. The predicted octanol–water partition coefficient (Wildman–Crippen LogP) is -0.991. The molecule has 0 heterocycles. The molecular formula is C8H13O6. The Balaban J connectivity index is 4.23. The van der Waals surface area contributed by atoms with Gasteiger partial charge in [-0.1, -0.05) is 6.92 Å². The van der Waals surface area contributed by atoms with Crippen LogP contribution >= 0.6 is 0 Å². The highest BCUT2D eigenvalue weighted by molar-refractivity contribution is 5.78. The number of hydrogen-bond donors (Lipinski definition) is 2. The maximum Gasteiger partial charge on any atom is 0.398 e. The van der Waals surface area contributed by atoms with Crippen LogP contribution < -0.4 is 0 Å². The Labute approximate surface area is 81.1 Å². The van der Waals surface area contributed by atoms with Crippen molar-refractivity contribution in [1.29, 1.82) is 0 Å². The van der Waals surface area contributed by atoms with E-state index in [1.54, 1.807) is 6.92 Å². The van der Waals surface area contributed by atoms with Gasteiger partial charge in [-0.3, -0.25) is 4.79 Å². The molecule has 14 heavy (non-hydrogen) atoms. The van der Waals surface area contributed by atoms with Crippen LogP contribution in [-0.4, -0.2) is 41.0 Å². The van der Waals surface area contributed by atoms with Crippen molar-refractivity contribution >= 4 is 11.9 Å². The Morgan fingerprint density at radius 1 is 1.43 bits per heavy atom. The summed E-state index contributed by atoms with van der Waals surface area (Å²) in [5.41, 5.74) is 0. The van der Waals surface area contributed by atoms with Crippen LogP contribution in [0.25, 0.3) is 0 Å². The molecule has 0 aliphatic rings. The summed E-state index contributed by atoms with van der Waals surface area (Å²) in [6, 6.07) is 0. The Morgan fingerprint density at radius 2 is 2.00 bits per heavy atom. The van der Waals surface area contributed by atoms with Crippen molar-refractivity contribution in [3.63, 3.8) is 0 Å². The van der Waals surface area contributed by atoms with E-state index in [1.807, 2.05) is 0 Å². The first kappa shape index (κ1) is 12.9. The summed E-state index contributed by atoms with van der Waals surface area (Å²) in [5, 5.41) is 27.8. The number of rotatable bonds is 6. The van der Waals surface area contributed by atoms with Gasteiger partial charge in [0.15, 0.2) is 0 Å². The second-order valence-corrected chi connectivity index (χ2v) is 2.73. The topological polar surface area (TPSA) is 104 Å². The van der Waals surface area contributed by atoms with E-state index in [2.05, 4.69) is 4.74 Å². The van der Waals surface area contributed by atoms with Gasteiger partial charge in [0.2, 0.25) is 6.10 Å². The Kier molecular flexibility index (Phi) is 5.82. The van der Waals surface area contributed by atoms with Crippen LogP contribution in [-0.2, 0) is 19.4 Å². The van der Waals surface area contributed by atoms with Gasteiger partial charge in [0.05, 0.1) is 6.61 Å². The van der Waals surface area contributed by atoms with Crippen molar-refractivity contribution in [2.24, 2.45) is 0 Å². The number of aliphatic hydroxyl groups excluding tert-OH is 2. The molecule has 0 amide bonds. The third-order valence-electron chi connectivity index (χ3n) is 1.48. The van der Waals surface area contributed by atoms with Crippen LogP contribution in [0.3, 0.4) is 0 Å². The van der Waals surface area contributed by atoms with Crippen molar-refractivity contribution in [2.45, 2.75) is 32.0 Å². The van der Waals surface area contributed by atoms with Crippen LogP contribution in [0.5, 0.6) is 0 Å². The number of aliphatic hydroxyl groups is 2. The minimum atomic E-state index is -1.81. The first-order chi connectivity index (χ1) is 6.52. The first-order valence-electron chi connectivity index (χ1n) is 4.22. The largest absolute Gasteiger partial charge is 0.447 e. The van der Waals surface area contributed by atoms with Gasteiger partial charge in [0, 0.05) is 6.42 Å². The second-order valence-electron chi connectivity index (χ2n) is 2.73. The lowest BCUT2D eigenvalue weighted by atomic mass is 10.2. The van der Waals surface area contributed by atoms with Crippen molar-refractivity contribution in [2.75, 3.05) is 6.61 Å². The van der Waals surface area contributed by atoms with Gasteiger partial charge < -0.3 is 14.9 Å². The van der Waals surface area contributed by atoms with Gasteiger partial charge in [0.25, 0.3) is 0 Å². The van der Waals surface area contributed by atoms with Crippen LogP contribution in [0, 0.1) is 0 Å². The zero-order valence-electron chi connectivity index (χ0n) is 7.80. The number of esters is 1. The van der Waals surface area contributed by atoms with Crippen molar-refractivity contribution in [3.8, 4) is 0 Å². The van der Waals surface area contributed by atoms with E-state index >= 15 is 0 Å². The molecule has 0 saturated carbocycles. The zero-order valence-corrected chi connectivity index (χ0v) is 7.80. The fourth-order valence-electron chi connectivity index (χ4n) is 0.784. The van der Waals surface area contributed by atoms with Crippen LogP contribution in [0.2, 0.25) is 0 Å². The maximum atomic E-state index is 10.9. The molecule has 0 rings (SSSR count). The molecular weight excluding hydrogens is 192 g/mol. The molecule has 81 valence electrons. The Hall–Kier alpha value is -1.14. The molecule has 0 saturated heterocycles. The Bertz CT molecular complexity index is 202. The van der Waals surface area contributed by atoms with Gasteiger partial charge in [-0.25, -0.2) is 9.90 Å². The van der Waals surface area contributed by atoms with Crippen LogP contribution in [0.1, 0.15) is 19.8 Å². The monoisotopic (exact) mass is 205 g/mol. The smallest absolute Gasteiger partial charge is 0.398 e. The SMILES string of the molecule is CCCC(=O)OC(C([O])=O)C(O)CO. The predicted molar refractivity (Wildman–Crippen MR) is 43.6 cm³/mol. The molecule has 2 N–H and O–H groups in total. The summed E-state index contributed by atoms with van der Waals surface area (Å²) >= 11 is 0. The number of carbonyl (C=O) groups excluding carboxylic acids is 2. The number of carbonyl (C=O) groups is 2. The molecule has 6 heteroatoms. The molecule has 0 bridgehead atoms. The number of ether oxygens (including phenoxy) is 1. The van der Waals surface area contributed by atoms with E-state index in [9.17, 15) is 14.7 Å². The van der Waals surface area contributed by atoms with E-state index in [1.165, 1.54) is 0 Å². The van der Waals surface area contributed by atoms with Gasteiger partial charge in [-0.05, 0) is 6.42 Å². The lowest BCUT2D eigenvalue weighted by Gasteiger charge is -2.16. The minimum Gasteiger partial charge on any atom is -0.447 e. The fraction of sp³-hybridized carbons (Fsp3) is 0.750. The van der Waals surface area contributed by atoms with E-state index in [0.717, 1.165) is 0 Å².